The SMILES string of the molecule is CC[C@]1(O)CCC[C@H]2CN(c3cc(C)nc(Nc4ccc(O)cc4)n3)C[C@H]21. The van der Waals surface area contributed by atoms with Crippen LogP contribution in [-0.4, -0.2) is 38.9 Å². The number of benzene rings is 1. The van der Waals surface area contributed by atoms with Crippen molar-refractivity contribution in [2.75, 3.05) is 23.3 Å². The fourth-order valence-electron chi connectivity index (χ4n) is 4.70. The molecule has 2 fully saturated rings. The maximum Gasteiger partial charge on any atom is 0.229 e. The minimum atomic E-state index is -0.535. The summed E-state index contributed by atoms with van der Waals surface area (Å²) < 4.78 is 0. The van der Waals surface area contributed by atoms with Gasteiger partial charge in [-0.1, -0.05) is 13.3 Å². The van der Waals surface area contributed by atoms with Crippen molar-refractivity contribution in [3.63, 3.8) is 0 Å². The number of nitrogens with one attached hydrogen (secondary N) is 1. The first kappa shape index (κ1) is 18.0. The predicted octanol–water partition coefficient (Wildman–Crippen LogP) is 3.61. The van der Waals surface area contributed by atoms with Crippen molar-refractivity contribution in [3.05, 3.63) is 36.0 Å². The van der Waals surface area contributed by atoms with Gasteiger partial charge in [0.2, 0.25) is 5.95 Å². The topological polar surface area (TPSA) is 81.5 Å². The van der Waals surface area contributed by atoms with Crippen LogP contribution in [-0.2, 0) is 0 Å². The van der Waals surface area contributed by atoms with E-state index in [1.165, 1.54) is 6.42 Å². The molecule has 3 N–H and O–H groups in total. The Hall–Kier alpha value is -2.34. The summed E-state index contributed by atoms with van der Waals surface area (Å²) in [4.78, 5) is 11.5. The second-order valence-corrected chi connectivity index (χ2v) is 7.98. The number of hydrogen-bond donors (Lipinski definition) is 3. The highest BCUT2D eigenvalue weighted by Gasteiger charge is 2.48. The average molecular weight is 368 g/mol. The van der Waals surface area contributed by atoms with Gasteiger partial charge in [0.1, 0.15) is 11.6 Å². The number of aryl methyl sites for hydroxylation is 1. The van der Waals surface area contributed by atoms with Gasteiger partial charge in [-0.3, -0.25) is 0 Å². The van der Waals surface area contributed by atoms with E-state index in [0.29, 0.717) is 17.8 Å². The quantitative estimate of drug-likeness (QED) is 0.715. The number of hydrogen-bond acceptors (Lipinski definition) is 6. The molecule has 0 unspecified atom stereocenters. The van der Waals surface area contributed by atoms with Crippen LogP contribution in [0.15, 0.2) is 30.3 Å². The molecule has 3 atom stereocenters. The molecule has 0 radical (unpaired) electrons. The van der Waals surface area contributed by atoms with E-state index >= 15 is 0 Å². The zero-order valence-electron chi connectivity index (χ0n) is 16.0. The Labute approximate surface area is 160 Å². The van der Waals surface area contributed by atoms with E-state index in [2.05, 4.69) is 22.1 Å². The molecule has 2 heterocycles. The van der Waals surface area contributed by atoms with Gasteiger partial charge >= 0.3 is 0 Å². The predicted molar refractivity (Wildman–Crippen MR) is 106 cm³/mol. The molecule has 2 aliphatic rings. The van der Waals surface area contributed by atoms with E-state index < -0.39 is 5.60 Å². The Bertz CT molecular complexity index is 810. The number of phenolic OH excluding ortho intramolecular Hbond substituents is 1. The number of phenols is 1. The van der Waals surface area contributed by atoms with Crippen LogP contribution < -0.4 is 10.2 Å². The number of nitrogens with zero attached hydrogens (tertiary/aromatic N) is 3. The average Bonchev–Trinajstić information content (AvgIpc) is 3.09. The van der Waals surface area contributed by atoms with Crippen LogP contribution in [0.4, 0.5) is 17.5 Å². The first-order chi connectivity index (χ1) is 13.0. The Morgan fingerprint density at radius 2 is 2.00 bits per heavy atom. The minimum absolute atomic E-state index is 0.231. The lowest BCUT2D eigenvalue weighted by atomic mass is 9.69. The third-order valence-corrected chi connectivity index (χ3v) is 6.22. The molecule has 2 aromatic rings. The Morgan fingerprint density at radius 1 is 1.22 bits per heavy atom. The molecular formula is C21H28N4O2. The third-order valence-electron chi connectivity index (χ3n) is 6.22. The van der Waals surface area contributed by atoms with Crippen LogP contribution in [0, 0.1) is 18.8 Å². The maximum atomic E-state index is 11.0. The van der Waals surface area contributed by atoms with Gasteiger partial charge in [-0.15, -0.1) is 0 Å². The second-order valence-electron chi connectivity index (χ2n) is 7.98. The third kappa shape index (κ3) is 3.58. The van der Waals surface area contributed by atoms with E-state index in [4.69, 9.17) is 4.98 Å². The standard InChI is InChI=1S/C21H28N4O2/c1-3-21(27)10-4-5-15-12-25(13-18(15)21)19-11-14(2)22-20(24-19)23-16-6-8-17(26)9-7-16/h6-9,11,15,18,26-27H,3-5,10,12-13H2,1-2H3,(H,22,23,24)/t15-,18+,21-/m0/s1. The molecule has 27 heavy (non-hydrogen) atoms. The molecule has 1 saturated carbocycles. The molecular weight excluding hydrogens is 340 g/mol. The fraction of sp³-hybridized carbons (Fsp3) is 0.524. The van der Waals surface area contributed by atoms with Crippen LogP contribution >= 0.6 is 0 Å². The molecule has 6 heteroatoms. The molecule has 0 amide bonds. The van der Waals surface area contributed by atoms with Gasteiger partial charge in [0.05, 0.1) is 5.60 Å². The van der Waals surface area contributed by atoms with Crippen LogP contribution in [0.1, 0.15) is 38.3 Å². The van der Waals surface area contributed by atoms with Crippen molar-refractivity contribution >= 4 is 17.5 Å². The van der Waals surface area contributed by atoms with Gasteiger partial charge < -0.3 is 20.4 Å². The van der Waals surface area contributed by atoms with Crippen LogP contribution in [0.2, 0.25) is 0 Å². The summed E-state index contributed by atoms with van der Waals surface area (Å²) in [7, 11) is 0. The first-order valence-electron chi connectivity index (χ1n) is 9.86. The van der Waals surface area contributed by atoms with E-state index in [-0.39, 0.29) is 5.75 Å². The Balaban J connectivity index is 1.56. The summed E-state index contributed by atoms with van der Waals surface area (Å²) in [5.74, 6) is 2.55. The molecule has 144 valence electrons. The maximum absolute atomic E-state index is 11.0. The van der Waals surface area contributed by atoms with Crippen molar-refractivity contribution < 1.29 is 10.2 Å². The van der Waals surface area contributed by atoms with Crippen molar-refractivity contribution in [1.29, 1.82) is 0 Å². The highest BCUT2D eigenvalue weighted by atomic mass is 16.3. The molecule has 1 aromatic carbocycles. The van der Waals surface area contributed by atoms with E-state index in [1.807, 2.05) is 13.0 Å². The number of aromatic nitrogens is 2. The lowest BCUT2D eigenvalue weighted by Gasteiger charge is -2.40. The van der Waals surface area contributed by atoms with Crippen molar-refractivity contribution in [2.24, 2.45) is 11.8 Å². The highest BCUT2D eigenvalue weighted by Crippen LogP contribution is 2.45. The van der Waals surface area contributed by atoms with Crippen LogP contribution in [0.25, 0.3) is 0 Å². The number of aliphatic hydroxyl groups is 1. The number of rotatable bonds is 4. The number of anilines is 3. The van der Waals surface area contributed by atoms with Crippen LogP contribution in [0.5, 0.6) is 5.75 Å². The Kier molecular flexibility index (Phi) is 4.68. The Morgan fingerprint density at radius 3 is 2.74 bits per heavy atom. The van der Waals surface area contributed by atoms with Gasteiger partial charge in [-0.25, -0.2) is 4.98 Å². The van der Waals surface area contributed by atoms with Gasteiger partial charge in [-0.2, -0.15) is 4.98 Å². The molecule has 0 spiro atoms. The molecule has 4 rings (SSSR count). The van der Waals surface area contributed by atoms with Gasteiger partial charge in [0, 0.05) is 36.5 Å². The fourth-order valence-corrected chi connectivity index (χ4v) is 4.70. The zero-order chi connectivity index (χ0) is 19.0. The summed E-state index contributed by atoms with van der Waals surface area (Å²) in [6.45, 7) is 5.87. The van der Waals surface area contributed by atoms with E-state index in [9.17, 15) is 10.2 Å². The van der Waals surface area contributed by atoms with Gasteiger partial charge in [0.25, 0.3) is 0 Å². The number of aromatic hydroxyl groups is 1. The molecule has 6 nitrogen and oxygen atoms in total. The lowest BCUT2D eigenvalue weighted by molar-refractivity contribution is -0.0597. The van der Waals surface area contributed by atoms with Crippen LogP contribution in [0.3, 0.4) is 0 Å². The summed E-state index contributed by atoms with van der Waals surface area (Å²) in [6.07, 6.45) is 4.02. The summed E-state index contributed by atoms with van der Waals surface area (Å²) in [5.41, 5.74) is 1.20. The normalized spacial score (nSPS) is 27.4. The monoisotopic (exact) mass is 368 g/mol. The van der Waals surface area contributed by atoms with Crippen molar-refractivity contribution in [2.45, 2.75) is 45.1 Å². The van der Waals surface area contributed by atoms with Crippen molar-refractivity contribution in [1.82, 2.24) is 9.97 Å². The zero-order valence-corrected chi connectivity index (χ0v) is 16.0. The largest absolute Gasteiger partial charge is 0.508 e. The van der Waals surface area contributed by atoms with Gasteiger partial charge in [0.15, 0.2) is 0 Å². The van der Waals surface area contributed by atoms with Gasteiger partial charge in [-0.05, 0) is 56.4 Å². The molecule has 1 aliphatic heterocycles. The summed E-state index contributed by atoms with van der Waals surface area (Å²) in [6, 6.07) is 8.88. The second kappa shape index (κ2) is 7.00. The minimum Gasteiger partial charge on any atom is -0.508 e. The highest BCUT2D eigenvalue weighted by molar-refractivity contribution is 5.57. The lowest BCUT2D eigenvalue weighted by Crippen LogP contribution is -2.44. The summed E-state index contributed by atoms with van der Waals surface area (Å²) >= 11 is 0. The molecule has 1 aromatic heterocycles. The molecule has 1 saturated heterocycles. The molecule has 1 aliphatic carbocycles. The smallest absolute Gasteiger partial charge is 0.229 e. The first-order valence-corrected chi connectivity index (χ1v) is 9.86. The van der Waals surface area contributed by atoms with E-state index in [0.717, 1.165) is 49.6 Å². The number of fused-ring (bicyclic) bond motifs is 1. The van der Waals surface area contributed by atoms with E-state index in [1.54, 1.807) is 24.3 Å². The van der Waals surface area contributed by atoms with Crippen molar-refractivity contribution in [3.8, 4) is 5.75 Å². The summed E-state index contributed by atoms with van der Waals surface area (Å²) in [5, 5.41) is 23.7. The molecule has 0 bridgehead atoms.